The highest BCUT2D eigenvalue weighted by atomic mass is 32.2. The largest absolute Gasteiger partial charge is 0.497 e. The number of nitrogens with zero attached hydrogens (tertiary/aromatic N) is 3. The number of hydrogen-bond acceptors (Lipinski definition) is 9. The Morgan fingerprint density at radius 1 is 1.25 bits per heavy atom. The average molecular weight is 518 g/mol. The summed E-state index contributed by atoms with van der Waals surface area (Å²) in [5.41, 5.74) is 1.64. The number of carbonyl (C=O) groups excluding carboxylic acids is 1. The highest BCUT2D eigenvalue weighted by molar-refractivity contribution is 7.91. The summed E-state index contributed by atoms with van der Waals surface area (Å²) in [7, 11) is -0.853. The van der Waals surface area contributed by atoms with E-state index in [4.69, 9.17) is 4.74 Å². The minimum Gasteiger partial charge on any atom is -0.497 e. The molecule has 0 saturated heterocycles. The second kappa shape index (κ2) is 12.5. The number of benzene rings is 2. The molecular weight excluding hydrogens is 486 g/mol. The first-order valence-corrected chi connectivity index (χ1v) is 13.2. The Morgan fingerprint density at radius 3 is 2.64 bits per heavy atom. The molecule has 0 radical (unpaired) electrons. The molecule has 0 spiro atoms. The van der Waals surface area contributed by atoms with Crippen LogP contribution >= 0.6 is 0 Å². The zero-order valence-corrected chi connectivity index (χ0v) is 21.2. The number of aliphatic imine (C=N–C) groups is 1. The minimum absolute atomic E-state index is 0.0356. The molecule has 2 N–H and O–H groups in total. The number of amides is 1. The normalized spacial score (nSPS) is 13.1. The Hall–Kier alpha value is -3.51. The molecule has 2 aromatic carbocycles. The molecular formula is C24H31N5O6S. The molecule has 11 nitrogen and oxygen atoms in total. The molecule has 194 valence electrons. The summed E-state index contributed by atoms with van der Waals surface area (Å²) in [4.78, 5) is 28.6. The van der Waals surface area contributed by atoms with Crippen LogP contribution in [0.2, 0.25) is 0 Å². The van der Waals surface area contributed by atoms with Crippen molar-refractivity contribution in [3.63, 3.8) is 0 Å². The van der Waals surface area contributed by atoms with Gasteiger partial charge < -0.3 is 20.3 Å². The van der Waals surface area contributed by atoms with E-state index in [9.17, 15) is 23.3 Å². The highest BCUT2D eigenvalue weighted by Crippen LogP contribution is 2.28. The quantitative estimate of drug-likeness (QED) is 0.232. The van der Waals surface area contributed by atoms with Crippen LogP contribution in [0.3, 0.4) is 0 Å². The molecule has 0 aliphatic carbocycles. The van der Waals surface area contributed by atoms with Gasteiger partial charge in [-0.25, -0.2) is 8.42 Å². The Labute approximate surface area is 210 Å². The van der Waals surface area contributed by atoms with Crippen LogP contribution in [0.1, 0.15) is 24.0 Å². The number of likely N-dealkylation sites (N-methyl/N-ethyl adjacent to an activating group) is 1. The second-order valence-corrected chi connectivity index (χ2v) is 10.3. The van der Waals surface area contributed by atoms with Crippen molar-refractivity contribution in [1.82, 2.24) is 15.5 Å². The van der Waals surface area contributed by atoms with Crippen LogP contribution in [0.25, 0.3) is 0 Å². The average Bonchev–Trinajstić information content (AvgIpc) is 3.41. The molecule has 1 amide bonds. The third-order valence-electron chi connectivity index (χ3n) is 5.80. The van der Waals surface area contributed by atoms with E-state index in [0.717, 1.165) is 42.5 Å². The van der Waals surface area contributed by atoms with Crippen molar-refractivity contribution in [2.24, 2.45) is 4.99 Å². The maximum absolute atomic E-state index is 12.6. The van der Waals surface area contributed by atoms with Gasteiger partial charge in [-0.3, -0.25) is 19.9 Å². The first-order chi connectivity index (χ1) is 17.2. The van der Waals surface area contributed by atoms with Gasteiger partial charge in [-0.15, -0.1) is 0 Å². The zero-order valence-electron chi connectivity index (χ0n) is 20.4. The standard InChI is InChI=1S/C24H31N5O6S/c1-28(15-11-18-5-7-19(8-6-18)24-26-13-14-27-24)23(30)4-3-12-25-17-36(33,34)22-10-9-20(35-2)16-21(22)29(31)32/h5-10,16,25H,3-4,11-15,17H2,1-2H3,(H,26,27). The maximum Gasteiger partial charge on any atom is 0.291 e. The van der Waals surface area contributed by atoms with Gasteiger partial charge in [-0.05, 0) is 37.1 Å². The van der Waals surface area contributed by atoms with E-state index in [1.807, 2.05) is 24.3 Å². The number of sulfone groups is 1. The molecule has 2 aromatic rings. The Kier molecular flexibility index (Phi) is 9.37. The van der Waals surface area contributed by atoms with Crippen LogP contribution in [0.15, 0.2) is 52.4 Å². The van der Waals surface area contributed by atoms with Gasteiger partial charge in [0.1, 0.15) is 22.4 Å². The summed E-state index contributed by atoms with van der Waals surface area (Å²) in [6.07, 6.45) is 1.42. The number of methoxy groups -OCH3 is 1. The van der Waals surface area contributed by atoms with E-state index in [1.54, 1.807) is 11.9 Å². The van der Waals surface area contributed by atoms with Crippen molar-refractivity contribution in [3.8, 4) is 5.75 Å². The number of ether oxygens (including phenoxy) is 1. The van der Waals surface area contributed by atoms with Crippen molar-refractivity contribution in [1.29, 1.82) is 0 Å². The summed E-state index contributed by atoms with van der Waals surface area (Å²) >= 11 is 0. The van der Waals surface area contributed by atoms with Gasteiger partial charge >= 0.3 is 0 Å². The smallest absolute Gasteiger partial charge is 0.291 e. The van der Waals surface area contributed by atoms with E-state index in [2.05, 4.69) is 15.6 Å². The van der Waals surface area contributed by atoms with Gasteiger partial charge in [0.2, 0.25) is 5.91 Å². The fourth-order valence-electron chi connectivity index (χ4n) is 3.71. The molecule has 0 atom stereocenters. The first kappa shape index (κ1) is 27.1. The second-order valence-electron chi connectivity index (χ2n) is 8.37. The van der Waals surface area contributed by atoms with Gasteiger partial charge in [0, 0.05) is 32.1 Å². The fraction of sp³-hybridized carbons (Fsp3) is 0.417. The number of nitro groups is 1. The lowest BCUT2D eigenvalue weighted by atomic mass is 10.1. The number of nitro benzene ring substituents is 1. The molecule has 1 aliphatic rings. The molecule has 0 aromatic heterocycles. The predicted octanol–water partition coefficient (Wildman–Crippen LogP) is 1.76. The van der Waals surface area contributed by atoms with Crippen molar-refractivity contribution in [3.05, 3.63) is 63.7 Å². The van der Waals surface area contributed by atoms with E-state index in [0.29, 0.717) is 13.0 Å². The summed E-state index contributed by atoms with van der Waals surface area (Å²) in [6, 6.07) is 11.7. The molecule has 12 heteroatoms. The number of nitrogens with one attached hydrogen (secondary N) is 2. The molecule has 1 aliphatic heterocycles. The lowest BCUT2D eigenvalue weighted by Crippen LogP contribution is -2.30. The van der Waals surface area contributed by atoms with E-state index in [1.165, 1.54) is 19.2 Å². The number of hydrogen-bond donors (Lipinski definition) is 2. The van der Waals surface area contributed by atoms with E-state index < -0.39 is 26.3 Å². The van der Waals surface area contributed by atoms with Gasteiger partial charge in [0.15, 0.2) is 9.84 Å². The monoisotopic (exact) mass is 517 g/mol. The summed E-state index contributed by atoms with van der Waals surface area (Å²) < 4.78 is 30.1. The summed E-state index contributed by atoms with van der Waals surface area (Å²) in [6.45, 7) is 2.50. The SMILES string of the molecule is COc1ccc(S(=O)(=O)CNCCCC(=O)N(C)CCc2ccc(C3=NCCN3)cc2)c([N+](=O)[O-])c1. The molecule has 0 bridgehead atoms. The molecule has 36 heavy (non-hydrogen) atoms. The van der Waals surface area contributed by atoms with Gasteiger partial charge in [-0.2, -0.15) is 0 Å². The Morgan fingerprint density at radius 2 is 2.00 bits per heavy atom. The number of amidine groups is 1. The Bertz CT molecular complexity index is 1210. The van der Waals surface area contributed by atoms with Crippen LogP contribution in [-0.2, 0) is 21.1 Å². The van der Waals surface area contributed by atoms with Gasteiger partial charge in [0.05, 0.1) is 24.6 Å². The molecule has 1 heterocycles. The topological polar surface area (TPSA) is 143 Å². The third kappa shape index (κ3) is 7.25. The van der Waals surface area contributed by atoms with Crippen molar-refractivity contribution >= 4 is 27.3 Å². The fourth-order valence-corrected chi connectivity index (χ4v) is 5.01. The van der Waals surface area contributed by atoms with Crippen molar-refractivity contribution in [2.75, 3.05) is 46.2 Å². The zero-order chi connectivity index (χ0) is 26.1. The van der Waals surface area contributed by atoms with Gasteiger partial charge in [-0.1, -0.05) is 24.3 Å². The van der Waals surface area contributed by atoms with Gasteiger partial charge in [0.25, 0.3) is 5.69 Å². The maximum atomic E-state index is 12.6. The minimum atomic E-state index is -3.94. The van der Waals surface area contributed by atoms with Crippen molar-refractivity contribution < 1.29 is 22.9 Å². The van der Waals surface area contributed by atoms with E-state index >= 15 is 0 Å². The first-order valence-electron chi connectivity index (χ1n) is 11.6. The van der Waals surface area contributed by atoms with Crippen molar-refractivity contribution in [2.45, 2.75) is 24.2 Å². The van der Waals surface area contributed by atoms with Crippen LogP contribution in [0, 0.1) is 10.1 Å². The third-order valence-corrected chi connectivity index (χ3v) is 7.40. The van der Waals surface area contributed by atoms with Crippen LogP contribution in [0.5, 0.6) is 5.75 Å². The highest BCUT2D eigenvalue weighted by Gasteiger charge is 2.26. The summed E-state index contributed by atoms with van der Waals surface area (Å²) in [5.74, 6) is 0.607. The lowest BCUT2D eigenvalue weighted by Gasteiger charge is -2.17. The molecule has 0 unspecified atom stereocenters. The van der Waals surface area contributed by atoms with E-state index in [-0.39, 0.29) is 29.5 Å². The van der Waals surface area contributed by atoms with Crippen LogP contribution < -0.4 is 15.4 Å². The van der Waals surface area contributed by atoms with Crippen LogP contribution in [0.4, 0.5) is 5.69 Å². The number of carbonyl (C=O) groups is 1. The Balaban J connectivity index is 1.40. The predicted molar refractivity (Wildman–Crippen MR) is 136 cm³/mol. The molecule has 0 saturated carbocycles. The van der Waals surface area contributed by atoms with Crippen LogP contribution in [-0.4, -0.2) is 76.2 Å². The summed E-state index contributed by atoms with van der Waals surface area (Å²) in [5, 5.41) is 17.3. The molecule has 0 fully saturated rings. The molecule has 3 rings (SSSR count). The lowest BCUT2D eigenvalue weighted by molar-refractivity contribution is -0.387. The number of rotatable bonds is 13.